The number of carbonyl (C=O) groups is 1. The molecule has 0 saturated heterocycles. The molecule has 0 fully saturated rings. The van der Waals surface area contributed by atoms with Gasteiger partial charge in [-0.1, -0.05) is 0 Å². The van der Waals surface area contributed by atoms with Gasteiger partial charge in [0.05, 0.1) is 11.8 Å². The number of Topliss-reactive ketones (excluding diaryl/α,β-unsaturated/α-hetero) is 1. The van der Waals surface area contributed by atoms with E-state index in [-0.39, 0.29) is 5.78 Å². The Bertz CT molecular complexity index is 474. The predicted octanol–water partition coefficient (Wildman–Crippen LogP) is 0.514. The quantitative estimate of drug-likeness (QED) is 0.642. The number of nitrogen functional groups attached to an aromatic ring is 1. The second-order valence-corrected chi connectivity index (χ2v) is 2.72. The summed E-state index contributed by atoms with van der Waals surface area (Å²) in [6.07, 6.45) is 3.03. The van der Waals surface area contributed by atoms with Crippen LogP contribution in [-0.4, -0.2) is 20.4 Å². The molecule has 0 aromatic carbocycles. The number of anilines is 1. The molecule has 0 saturated carbocycles. The van der Waals surface area contributed by atoms with Gasteiger partial charge in [0.1, 0.15) is 5.82 Å². The van der Waals surface area contributed by atoms with Crippen molar-refractivity contribution in [1.82, 2.24) is 14.6 Å². The van der Waals surface area contributed by atoms with E-state index in [1.165, 1.54) is 17.6 Å². The molecule has 13 heavy (non-hydrogen) atoms. The number of nitrogens with two attached hydrogens (primary N) is 1. The normalized spacial score (nSPS) is 10.5. The van der Waals surface area contributed by atoms with E-state index < -0.39 is 0 Å². The van der Waals surface area contributed by atoms with E-state index in [0.29, 0.717) is 17.0 Å². The molecular weight excluding hydrogens is 168 g/mol. The van der Waals surface area contributed by atoms with E-state index in [4.69, 9.17) is 5.73 Å². The minimum absolute atomic E-state index is 0.0619. The molecule has 2 aromatic heterocycles. The number of carbonyl (C=O) groups excluding carboxylic acids is 1. The second-order valence-electron chi connectivity index (χ2n) is 2.72. The van der Waals surface area contributed by atoms with Crippen LogP contribution in [0.25, 0.3) is 5.65 Å². The highest BCUT2D eigenvalue weighted by Crippen LogP contribution is 2.11. The van der Waals surface area contributed by atoms with Crippen LogP contribution in [0.3, 0.4) is 0 Å². The van der Waals surface area contributed by atoms with E-state index in [9.17, 15) is 4.79 Å². The third kappa shape index (κ3) is 1.05. The number of ketones is 1. The zero-order chi connectivity index (χ0) is 9.42. The standard InChI is InChI=1S/C8H8N4O/c1-5(13)6-4-11-12-7(9)2-3-10-8(6)12/h2-4H,9H2,1H3. The van der Waals surface area contributed by atoms with Crippen molar-refractivity contribution in [3.8, 4) is 0 Å². The molecule has 0 amide bonds. The van der Waals surface area contributed by atoms with E-state index >= 15 is 0 Å². The Morgan fingerprint density at radius 1 is 1.62 bits per heavy atom. The Labute approximate surface area is 74.2 Å². The van der Waals surface area contributed by atoms with Gasteiger partial charge in [0.15, 0.2) is 11.4 Å². The van der Waals surface area contributed by atoms with Gasteiger partial charge in [-0.25, -0.2) is 4.98 Å². The highest BCUT2D eigenvalue weighted by atomic mass is 16.1. The van der Waals surface area contributed by atoms with Gasteiger partial charge in [0, 0.05) is 6.20 Å². The number of hydrogen-bond acceptors (Lipinski definition) is 4. The van der Waals surface area contributed by atoms with E-state index in [1.807, 2.05) is 0 Å². The fourth-order valence-corrected chi connectivity index (χ4v) is 1.16. The fourth-order valence-electron chi connectivity index (χ4n) is 1.16. The number of nitrogens with zero attached hydrogens (tertiary/aromatic N) is 3. The Morgan fingerprint density at radius 2 is 2.38 bits per heavy atom. The molecule has 5 nitrogen and oxygen atoms in total. The lowest BCUT2D eigenvalue weighted by molar-refractivity contribution is 0.101. The molecule has 2 N–H and O–H groups in total. The molecule has 2 heterocycles. The number of hydrogen-bond donors (Lipinski definition) is 1. The van der Waals surface area contributed by atoms with Crippen LogP contribution in [-0.2, 0) is 0 Å². The Hall–Kier alpha value is -1.91. The smallest absolute Gasteiger partial charge is 0.168 e. The molecule has 0 unspecified atom stereocenters. The first-order valence-corrected chi connectivity index (χ1v) is 3.79. The van der Waals surface area contributed by atoms with E-state index in [0.717, 1.165) is 0 Å². The maximum absolute atomic E-state index is 11.1. The Morgan fingerprint density at radius 3 is 3.08 bits per heavy atom. The first kappa shape index (κ1) is 7.72. The van der Waals surface area contributed by atoms with Gasteiger partial charge in [0.2, 0.25) is 0 Å². The van der Waals surface area contributed by atoms with Crippen molar-refractivity contribution in [2.75, 3.05) is 5.73 Å². The predicted molar refractivity (Wildman–Crippen MR) is 47.4 cm³/mol. The summed E-state index contributed by atoms with van der Waals surface area (Å²) in [4.78, 5) is 15.1. The summed E-state index contributed by atoms with van der Waals surface area (Å²) in [7, 11) is 0. The summed E-state index contributed by atoms with van der Waals surface area (Å²) in [5.41, 5.74) is 6.62. The van der Waals surface area contributed by atoms with E-state index in [2.05, 4.69) is 10.1 Å². The van der Waals surface area contributed by atoms with Crippen molar-refractivity contribution in [3.63, 3.8) is 0 Å². The van der Waals surface area contributed by atoms with Crippen molar-refractivity contribution < 1.29 is 4.79 Å². The lowest BCUT2D eigenvalue weighted by atomic mass is 10.2. The highest BCUT2D eigenvalue weighted by Gasteiger charge is 2.09. The summed E-state index contributed by atoms with van der Waals surface area (Å²) < 4.78 is 1.44. The molecule has 66 valence electrons. The van der Waals surface area contributed by atoms with Crippen LogP contribution in [0.2, 0.25) is 0 Å². The maximum Gasteiger partial charge on any atom is 0.168 e. The van der Waals surface area contributed by atoms with Gasteiger partial charge in [-0.15, -0.1) is 0 Å². The zero-order valence-corrected chi connectivity index (χ0v) is 7.06. The molecule has 0 atom stereocenters. The maximum atomic E-state index is 11.1. The topological polar surface area (TPSA) is 73.3 Å². The SMILES string of the molecule is CC(=O)c1cnn2c(N)ccnc12. The van der Waals surface area contributed by atoms with Crippen LogP contribution >= 0.6 is 0 Å². The van der Waals surface area contributed by atoms with Gasteiger partial charge in [-0.3, -0.25) is 4.79 Å². The molecule has 2 rings (SSSR count). The Kier molecular flexibility index (Phi) is 1.51. The molecular formula is C8H8N4O. The van der Waals surface area contributed by atoms with Gasteiger partial charge in [-0.2, -0.15) is 9.61 Å². The van der Waals surface area contributed by atoms with Crippen LogP contribution in [0.4, 0.5) is 5.82 Å². The monoisotopic (exact) mass is 176 g/mol. The summed E-state index contributed by atoms with van der Waals surface area (Å²) >= 11 is 0. The number of aromatic nitrogens is 3. The first-order chi connectivity index (χ1) is 6.20. The van der Waals surface area contributed by atoms with Crippen LogP contribution in [0.15, 0.2) is 18.5 Å². The minimum Gasteiger partial charge on any atom is -0.384 e. The van der Waals surface area contributed by atoms with Crippen LogP contribution in [0.5, 0.6) is 0 Å². The molecule has 0 radical (unpaired) electrons. The summed E-state index contributed by atoms with van der Waals surface area (Å²) in [6.45, 7) is 1.47. The molecule has 0 aliphatic carbocycles. The summed E-state index contributed by atoms with van der Waals surface area (Å²) in [5.74, 6) is 0.408. The fraction of sp³-hybridized carbons (Fsp3) is 0.125. The third-order valence-corrected chi connectivity index (χ3v) is 1.81. The highest BCUT2D eigenvalue weighted by molar-refractivity contribution is 5.99. The lowest BCUT2D eigenvalue weighted by Gasteiger charge is -1.96. The van der Waals surface area contributed by atoms with Crippen LogP contribution < -0.4 is 5.73 Å². The van der Waals surface area contributed by atoms with Gasteiger partial charge in [0.25, 0.3) is 0 Å². The van der Waals surface area contributed by atoms with Crippen molar-refractivity contribution in [3.05, 3.63) is 24.0 Å². The zero-order valence-electron chi connectivity index (χ0n) is 7.06. The first-order valence-electron chi connectivity index (χ1n) is 3.79. The van der Waals surface area contributed by atoms with Crippen LogP contribution in [0.1, 0.15) is 17.3 Å². The molecule has 0 aliphatic heterocycles. The largest absolute Gasteiger partial charge is 0.384 e. The van der Waals surface area contributed by atoms with Gasteiger partial charge in [-0.05, 0) is 13.0 Å². The van der Waals surface area contributed by atoms with Crippen molar-refractivity contribution in [2.24, 2.45) is 0 Å². The molecule has 2 aromatic rings. The summed E-state index contributed by atoms with van der Waals surface area (Å²) in [5, 5.41) is 3.95. The number of rotatable bonds is 1. The molecule has 0 spiro atoms. The average molecular weight is 176 g/mol. The summed E-state index contributed by atoms with van der Waals surface area (Å²) in [6, 6.07) is 1.63. The molecule has 5 heteroatoms. The van der Waals surface area contributed by atoms with E-state index in [1.54, 1.807) is 12.3 Å². The second kappa shape index (κ2) is 2.55. The average Bonchev–Trinajstić information content (AvgIpc) is 2.48. The number of fused-ring (bicyclic) bond motifs is 1. The Balaban J connectivity index is 2.83. The molecule has 0 aliphatic rings. The van der Waals surface area contributed by atoms with Crippen molar-refractivity contribution >= 4 is 17.2 Å². The van der Waals surface area contributed by atoms with Gasteiger partial charge < -0.3 is 5.73 Å². The van der Waals surface area contributed by atoms with Crippen LogP contribution in [0, 0.1) is 0 Å². The minimum atomic E-state index is -0.0619. The molecule has 0 bridgehead atoms. The third-order valence-electron chi connectivity index (χ3n) is 1.81. The van der Waals surface area contributed by atoms with Crippen molar-refractivity contribution in [2.45, 2.75) is 6.92 Å². The van der Waals surface area contributed by atoms with Gasteiger partial charge >= 0.3 is 0 Å². The lowest BCUT2D eigenvalue weighted by Crippen LogP contribution is -2.00. The van der Waals surface area contributed by atoms with Crippen molar-refractivity contribution in [1.29, 1.82) is 0 Å².